The Morgan fingerprint density at radius 3 is 1.09 bits per heavy atom. The fourth-order valence-corrected chi connectivity index (χ4v) is 1.78. The van der Waals surface area contributed by atoms with E-state index in [1.165, 1.54) is 0 Å². The van der Waals surface area contributed by atoms with Crippen LogP contribution in [0.2, 0.25) is 0 Å². The second kappa shape index (κ2) is 10.1. The van der Waals surface area contributed by atoms with Crippen LogP contribution in [0.3, 0.4) is 0 Å². The van der Waals surface area contributed by atoms with Crippen LogP contribution < -0.4 is 5.19 Å². The smallest absolute Gasteiger partial charge is 0.115 e. The molecule has 0 aromatic heterocycles. The molecule has 0 unspecified atom stereocenters. The lowest BCUT2D eigenvalue weighted by Crippen LogP contribution is -1.99. The lowest BCUT2D eigenvalue weighted by atomic mass is 10.3. The fraction of sp³-hybridized carbons (Fsp3) is 0. The molecule has 22 heavy (non-hydrogen) atoms. The fourth-order valence-electron chi connectivity index (χ4n) is 1.42. The van der Waals surface area contributed by atoms with E-state index in [0.717, 1.165) is 15.4 Å². The number of hydrogen-bond acceptors (Lipinski definition) is 3. The number of benzene rings is 3. The molecule has 0 spiro atoms. The molecule has 4 heteroatoms. The van der Waals surface area contributed by atoms with Gasteiger partial charge in [0, 0.05) is 10.2 Å². The third-order valence-corrected chi connectivity index (χ3v) is 3.47. The molecule has 3 rings (SSSR count). The van der Waals surface area contributed by atoms with Crippen LogP contribution in [0.25, 0.3) is 0 Å². The van der Waals surface area contributed by atoms with Crippen molar-refractivity contribution in [1.29, 1.82) is 0 Å². The van der Waals surface area contributed by atoms with Gasteiger partial charge in [0.05, 0.1) is 0 Å². The number of phenols is 3. The minimum absolute atomic E-state index is 0.322. The Morgan fingerprint density at radius 1 is 0.500 bits per heavy atom. The monoisotopic (exact) mass is 312 g/mol. The molecule has 0 saturated heterocycles. The molecule has 114 valence electrons. The Bertz CT molecular complexity index is 584. The second-order valence-electron chi connectivity index (χ2n) is 4.46. The van der Waals surface area contributed by atoms with Crippen molar-refractivity contribution in [2.45, 2.75) is 0 Å². The summed E-state index contributed by atoms with van der Waals surface area (Å²) in [5.41, 5.74) is 0. The van der Waals surface area contributed by atoms with Gasteiger partial charge in [-0.2, -0.15) is 0 Å². The van der Waals surface area contributed by atoms with Gasteiger partial charge < -0.3 is 15.3 Å². The third kappa shape index (κ3) is 7.77. The maximum atomic E-state index is 8.95. The summed E-state index contributed by atoms with van der Waals surface area (Å²) >= 11 is 0. The molecule has 0 saturated carbocycles. The quantitative estimate of drug-likeness (QED) is 0.558. The third-order valence-electron chi connectivity index (χ3n) is 2.63. The predicted molar refractivity (Wildman–Crippen MR) is 93.9 cm³/mol. The summed E-state index contributed by atoms with van der Waals surface area (Å²) in [5.74, 6) is 1.07. The molecule has 0 aliphatic heterocycles. The lowest BCUT2D eigenvalue weighted by molar-refractivity contribution is 0.475. The standard InChI is InChI=1S/C6H8OSi.2C6H6O/c7-5-3-1-2-4-6(5)8;2*7-6-4-2-1-3-5-6/h1-4,7H,8H3;2*1-5,7H. The molecule has 0 amide bonds. The van der Waals surface area contributed by atoms with Gasteiger partial charge in [-0.05, 0) is 35.5 Å². The highest BCUT2D eigenvalue weighted by Gasteiger charge is 1.86. The molecule has 0 fully saturated rings. The normalized spacial score (nSPS) is 8.91. The van der Waals surface area contributed by atoms with Crippen molar-refractivity contribution in [1.82, 2.24) is 0 Å². The number of hydrogen-bond donors (Lipinski definition) is 3. The van der Waals surface area contributed by atoms with Crippen LogP contribution >= 0.6 is 0 Å². The largest absolute Gasteiger partial charge is 0.508 e. The zero-order valence-corrected chi connectivity index (χ0v) is 14.4. The first-order valence-electron chi connectivity index (χ1n) is 6.82. The Balaban J connectivity index is 0.000000166. The number of aromatic hydroxyl groups is 3. The highest BCUT2D eigenvalue weighted by Crippen LogP contribution is 2.03. The van der Waals surface area contributed by atoms with Crippen molar-refractivity contribution >= 4 is 15.4 Å². The summed E-state index contributed by atoms with van der Waals surface area (Å²) in [5, 5.41) is 27.3. The van der Waals surface area contributed by atoms with Gasteiger partial charge in [0.1, 0.15) is 17.2 Å². The first-order chi connectivity index (χ1) is 10.6. The molecule has 0 heterocycles. The Kier molecular flexibility index (Phi) is 7.93. The maximum Gasteiger partial charge on any atom is 0.115 e. The first-order valence-corrected chi connectivity index (χ1v) is 7.82. The number of rotatable bonds is 0. The summed E-state index contributed by atoms with van der Waals surface area (Å²) in [6.07, 6.45) is 0. The van der Waals surface area contributed by atoms with E-state index >= 15 is 0 Å². The predicted octanol–water partition coefficient (Wildman–Crippen LogP) is 2.17. The highest BCUT2D eigenvalue weighted by atomic mass is 28.1. The molecule has 0 aliphatic rings. The molecular weight excluding hydrogens is 292 g/mol. The van der Waals surface area contributed by atoms with Crippen molar-refractivity contribution in [3.8, 4) is 17.2 Å². The van der Waals surface area contributed by atoms with Crippen molar-refractivity contribution in [3.05, 3.63) is 84.9 Å². The average molecular weight is 312 g/mol. The minimum atomic E-state index is 0.322. The highest BCUT2D eigenvalue weighted by molar-refractivity contribution is 6.34. The summed E-state index contributed by atoms with van der Waals surface area (Å²) in [7, 11) is 0.926. The first kappa shape index (κ1) is 17.3. The molecule has 0 radical (unpaired) electrons. The summed E-state index contributed by atoms with van der Waals surface area (Å²) in [6, 6.07) is 24.8. The zero-order chi connectivity index (χ0) is 16.2. The number of para-hydroxylation sites is 3. The van der Waals surface area contributed by atoms with Crippen LogP contribution in [0, 0.1) is 0 Å². The topological polar surface area (TPSA) is 60.7 Å². The minimum Gasteiger partial charge on any atom is -0.508 e. The average Bonchev–Trinajstić information content (AvgIpc) is 2.53. The molecule has 0 bridgehead atoms. The van der Waals surface area contributed by atoms with Crippen LogP contribution in [0.15, 0.2) is 84.9 Å². The van der Waals surface area contributed by atoms with Gasteiger partial charge >= 0.3 is 0 Å². The van der Waals surface area contributed by atoms with Crippen LogP contribution in [-0.2, 0) is 0 Å². The van der Waals surface area contributed by atoms with E-state index in [0.29, 0.717) is 17.2 Å². The summed E-state index contributed by atoms with van der Waals surface area (Å²) in [6.45, 7) is 0. The van der Waals surface area contributed by atoms with Gasteiger partial charge in [-0.15, -0.1) is 0 Å². The van der Waals surface area contributed by atoms with Crippen molar-refractivity contribution in [3.63, 3.8) is 0 Å². The zero-order valence-electron chi connectivity index (χ0n) is 12.4. The molecule has 3 aromatic carbocycles. The molecular formula is C18H20O3Si. The van der Waals surface area contributed by atoms with Crippen molar-refractivity contribution in [2.75, 3.05) is 0 Å². The Hall–Kier alpha value is -2.72. The molecule has 0 atom stereocenters. The van der Waals surface area contributed by atoms with E-state index in [1.54, 1.807) is 54.6 Å². The van der Waals surface area contributed by atoms with E-state index in [2.05, 4.69) is 0 Å². The molecule has 0 aliphatic carbocycles. The van der Waals surface area contributed by atoms with Crippen molar-refractivity contribution in [2.24, 2.45) is 0 Å². The molecule has 3 N–H and O–H groups in total. The van der Waals surface area contributed by atoms with Crippen molar-refractivity contribution < 1.29 is 15.3 Å². The van der Waals surface area contributed by atoms with E-state index in [4.69, 9.17) is 15.3 Å². The number of phenolic OH excluding ortho intramolecular Hbond substituents is 3. The van der Waals surface area contributed by atoms with E-state index in [9.17, 15) is 0 Å². The van der Waals surface area contributed by atoms with E-state index in [1.807, 2.05) is 30.3 Å². The Morgan fingerprint density at radius 2 is 0.864 bits per heavy atom. The Labute approximate surface area is 133 Å². The SMILES string of the molecule is Oc1ccccc1.Oc1ccccc1.Oc1ccccc1[SiH3]. The maximum absolute atomic E-state index is 8.95. The molecule has 3 nitrogen and oxygen atoms in total. The van der Waals surface area contributed by atoms with Gasteiger partial charge in [-0.1, -0.05) is 54.6 Å². The van der Waals surface area contributed by atoms with Crippen LogP contribution in [-0.4, -0.2) is 25.6 Å². The lowest BCUT2D eigenvalue weighted by Gasteiger charge is -1.92. The van der Waals surface area contributed by atoms with Crippen LogP contribution in [0.1, 0.15) is 0 Å². The van der Waals surface area contributed by atoms with Gasteiger partial charge in [-0.25, -0.2) is 0 Å². The van der Waals surface area contributed by atoms with Gasteiger partial charge in [-0.3, -0.25) is 0 Å². The van der Waals surface area contributed by atoms with Crippen LogP contribution in [0.5, 0.6) is 17.2 Å². The molecule has 3 aromatic rings. The van der Waals surface area contributed by atoms with E-state index < -0.39 is 0 Å². The van der Waals surface area contributed by atoms with Gasteiger partial charge in [0.15, 0.2) is 0 Å². The van der Waals surface area contributed by atoms with Gasteiger partial charge in [0.2, 0.25) is 0 Å². The van der Waals surface area contributed by atoms with Crippen LogP contribution in [0.4, 0.5) is 0 Å². The summed E-state index contributed by atoms with van der Waals surface area (Å²) in [4.78, 5) is 0. The second-order valence-corrected chi connectivity index (χ2v) is 5.53. The van der Waals surface area contributed by atoms with Gasteiger partial charge in [0.25, 0.3) is 0 Å². The van der Waals surface area contributed by atoms with E-state index in [-0.39, 0.29) is 0 Å². The summed E-state index contributed by atoms with van der Waals surface area (Å²) < 4.78 is 0.